The number of nitrogens with one attached hydrogen (secondary N) is 3. The number of aliphatic carboxylic acids is 1. The van der Waals surface area contributed by atoms with Crippen molar-refractivity contribution in [1.82, 2.24) is 20.5 Å². The van der Waals surface area contributed by atoms with Gasteiger partial charge in [0.15, 0.2) is 0 Å². The second kappa shape index (κ2) is 11.1. The lowest BCUT2D eigenvalue weighted by Gasteiger charge is -2.24. The molecule has 0 aliphatic carbocycles. The maximum atomic E-state index is 12.8. The van der Waals surface area contributed by atoms with Gasteiger partial charge in [0.1, 0.15) is 12.1 Å². The molecule has 1 fully saturated rings. The van der Waals surface area contributed by atoms with E-state index in [2.05, 4.69) is 15.6 Å². The zero-order chi connectivity index (χ0) is 24.8. The highest BCUT2D eigenvalue weighted by Crippen LogP contribution is 2.19. The normalized spacial score (nSPS) is 17.5. The van der Waals surface area contributed by atoms with Crippen LogP contribution in [0.25, 0.3) is 10.9 Å². The fourth-order valence-corrected chi connectivity index (χ4v) is 4.32. The summed E-state index contributed by atoms with van der Waals surface area (Å²) in [4.78, 5) is 53.8. The second-order valence-electron chi connectivity index (χ2n) is 9.16. The summed E-state index contributed by atoms with van der Waals surface area (Å²) in [5.41, 5.74) is 8.02. The van der Waals surface area contributed by atoms with Crippen molar-refractivity contribution in [3.05, 3.63) is 36.0 Å². The van der Waals surface area contributed by atoms with Gasteiger partial charge in [-0.15, -0.1) is 0 Å². The maximum absolute atomic E-state index is 12.8. The standard InChI is InChI=1S/C24H33N5O5/c1-14(2)10-19(23(32)27-13-21(30)29-9-5-8-20(29)24(33)34)28-22(31)17(25)11-15-12-26-18-7-4-3-6-16(15)18/h3-4,6-7,12,14,17,19-20,26H,5,8-11,13,25H2,1-2H3,(H,27,32)(H,28,31)(H,33,34). The summed E-state index contributed by atoms with van der Waals surface area (Å²) in [5.74, 6) is -2.36. The molecule has 1 saturated heterocycles. The molecule has 3 atom stereocenters. The van der Waals surface area contributed by atoms with E-state index in [-0.39, 0.29) is 12.5 Å². The predicted octanol–water partition coefficient (Wildman–Crippen LogP) is 0.760. The van der Waals surface area contributed by atoms with Gasteiger partial charge < -0.3 is 31.4 Å². The van der Waals surface area contributed by atoms with Crippen LogP contribution in [0.5, 0.6) is 0 Å². The number of aromatic nitrogens is 1. The molecule has 3 amide bonds. The smallest absolute Gasteiger partial charge is 0.326 e. The minimum atomic E-state index is -1.05. The van der Waals surface area contributed by atoms with E-state index in [4.69, 9.17) is 5.73 Å². The first-order chi connectivity index (χ1) is 16.2. The Labute approximate surface area is 198 Å². The molecule has 10 heteroatoms. The first kappa shape index (κ1) is 25.2. The Hall–Kier alpha value is -3.40. The number of carboxylic acids is 1. The van der Waals surface area contributed by atoms with Crippen molar-refractivity contribution in [1.29, 1.82) is 0 Å². The number of nitrogens with two attached hydrogens (primary N) is 1. The molecular formula is C24H33N5O5. The molecule has 0 saturated carbocycles. The molecule has 2 heterocycles. The van der Waals surface area contributed by atoms with Crippen molar-refractivity contribution in [2.75, 3.05) is 13.1 Å². The number of H-pyrrole nitrogens is 1. The van der Waals surface area contributed by atoms with Crippen molar-refractivity contribution in [3.63, 3.8) is 0 Å². The van der Waals surface area contributed by atoms with Crippen LogP contribution in [-0.4, -0.2) is 69.9 Å². The van der Waals surface area contributed by atoms with Gasteiger partial charge >= 0.3 is 5.97 Å². The number of rotatable bonds is 10. The van der Waals surface area contributed by atoms with Crippen LogP contribution in [-0.2, 0) is 25.6 Å². The topological polar surface area (TPSA) is 158 Å². The number of aromatic amines is 1. The number of carboxylic acid groups (broad SMARTS) is 1. The quantitative estimate of drug-likeness (QED) is 0.344. The largest absolute Gasteiger partial charge is 0.480 e. The van der Waals surface area contributed by atoms with E-state index < -0.39 is 41.8 Å². The Balaban J connectivity index is 1.58. The number of nitrogens with zero attached hydrogens (tertiary/aromatic N) is 1. The highest BCUT2D eigenvalue weighted by Gasteiger charge is 2.34. The van der Waals surface area contributed by atoms with Crippen molar-refractivity contribution >= 4 is 34.6 Å². The molecule has 10 nitrogen and oxygen atoms in total. The van der Waals surface area contributed by atoms with Crippen LogP contribution in [0.15, 0.2) is 30.5 Å². The van der Waals surface area contributed by atoms with Gasteiger partial charge in [0.05, 0.1) is 12.6 Å². The van der Waals surface area contributed by atoms with Gasteiger partial charge in [0, 0.05) is 23.6 Å². The third-order valence-corrected chi connectivity index (χ3v) is 6.06. The molecular weight excluding hydrogens is 438 g/mol. The van der Waals surface area contributed by atoms with E-state index in [0.29, 0.717) is 32.2 Å². The molecule has 34 heavy (non-hydrogen) atoms. The van der Waals surface area contributed by atoms with Crippen LogP contribution in [0.4, 0.5) is 0 Å². The molecule has 3 rings (SSSR count). The average molecular weight is 472 g/mol. The van der Waals surface area contributed by atoms with E-state index >= 15 is 0 Å². The number of carbonyl (C=O) groups excluding carboxylic acids is 3. The predicted molar refractivity (Wildman–Crippen MR) is 127 cm³/mol. The van der Waals surface area contributed by atoms with E-state index in [1.165, 1.54) is 4.90 Å². The molecule has 1 aliphatic heterocycles. The minimum absolute atomic E-state index is 0.103. The van der Waals surface area contributed by atoms with Crippen molar-refractivity contribution < 1.29 is 24.3 Å². The third-order valence-electron chi connectivity index (χ3n) is 6.06. The molecule has 6 N–H and O–H groups in total. The van der Waals surface area contributed by atoms with Gasteiger partial charge in [0.25, 0.3) is 0 Å². The Kier molecular flexibility index (Phi) is 8.27. The molecule has 184 valence electrons. The number of benzene rings is 1. The fourth-order valence-electron chi connectivity index (χ4n) is 4.32. The maximum Gasteiger partial charge on any atom is 0.326 e. The molecule has 1 aliphatic rings. The van der Waals surface area contributed by atoms with Gasteiger partial charge in [-0.05, 0) is 43.2 Å². The lowest BCUT2D eigenvalue weighted by atomic mass is 10.0. The van der Waals surface area contributed by atoms with E-state index in [1.807, 2.05) is 44.3 Å². The number of amides is 3. The second-order valence-corrected chi connectivity index (χ2v) is 9.16. The van der Waals surface area contributed by atoms with Crippen molar-refractivity contribution in [3.8, 4) is 0 Å². The summed E-state index contributed by atoms with van der Waals surface area (Å²) in [5, 5.41) is 15.5. The van der Waals surface area contributed by atoms with Gasteiger partial charge in [-0.3, -0.25) is 14.4 Å². The lowest BCUT2D eigenvalue weighted by Crippen LogP contribution is -2.54. The van der Waals surface area contributed by atoms with Crippen LogP contribution in [0.1, 0.15) is 38.7 Å². The van der Waals surface area contributed by atoms with Crippen LogP contribution < -0.4 is 16.4 Å². The third kappa shape index (κ3) is 6.13. The Morgan fingerprint density at radius 2 is 1.94 bits per heavy atom. The molecule has 2 aromatic rings. The van der Waals surface area contributed by atoms with E-state index in [1.54, 1.807) is 0 Å². The monoisotopic (exact) mass is 471 g/mol. The molecule has 0 spiro atoms. The Bertz CT molecular complexity index is 1050. The Morgan fingerprint density at radius 1 is 1.21 bits per heavy atom. The first-order valence-corrected chi connectivity index (χ1v) is 11.6. The van der Waals surface area contributed by atoms with Crippen LogP contribution in [0, 0.1) is 5.92 Å². The molecule has 1 aromatic carbocycles. The number of fused-ring (bicyclic) bond motifs is 1. The zero-order valence-electron chi connectivity index (χ0n) is 19.5. The van der Waals surface area contributed by atoms with Gasteiger partial charge in [-0.25, -0.2) is 4.79 Å². The summed E-state index contributed by atoms with van der Waals surface area (Å²) < 4.78 is 0. The highest BCUT2D eigenvalue weighted by atomic mass is 16.4. The zero-order valence-corrected chi connectivity index (χ0v) is 19.5. The summed E-state index contributed by atoms with van der Waals surface area (Å²) in [6, 6.07) is 5.14. The summed E-state index contributed by atoms with van der Waals surface area (Å²) in [6.45, 7) is 3.87. The highest BCUT2D eigenvalue weighted by molar-refractivity contribution is 5.93. The summed E-state index contributed by atoms with van der Waals surface area (Å²) >= 11 is 0. The lowest BCUT2D eigenvalue weighted by molar-refractivity contribution is -0.148. The van der Waals surface area contributed by atoms with Gasteiger partial charge in [0.2, 0.25) is 17.7 Å². The number of hydrogen-bond acceptors (Lipinski definition) is 5. The Morgan fingerprint density at radius 3 is 2.65 bits per heavy atom. The van der Waals surface area contributed by atoms with Crippen LogP contribution in [0.2, 0.25) is 0 Å². The average Bonchev–Trinajstić information content (AvgIpc) is 3.44. The van der Waals surface area contributed by atoms with E-state index in [0.717, 1.165) is 16.5 Å². The molecule has 3 unspecified atom stereocenters. The number of hydrogen-bond donors (Lipinski definition) is 5. The number of para-hydroxylation sites is 1. The SMILES string of the molecule is CC(C)CC(NC(=O)C(N)Cc1c[nH]c2ccccc12)C(=O)NCC(=O)N1CCCC1C(=O)O. The van der Waals surface area contributed by atoms with Crippen molar-refractivity contribution in [2.45, 2.75) is 57.7 Å². The fraction of sp³-hybridized carbons (Fsp3) is 0.500. The molecule has 0 radical (unpaired) electrons. The van der Waals surface area contributed by atoms with Crippen molar-refractivity contribution in [2.24, 2.45) is 11.7 Å². The van der Waals surface area contributed by atoms with E-state index in [9.17, 15) is 24.3 Å². The first-order valence-electron chi connectivity index (χ1n) is 11.6. The number of carbonyl (C=O) groups is 4. The number of likely N-dealkylation sites (tertiary alicyclic amines) is 1. The van der Waals surface area contributed by atoms with Gasteiger partial charge in [-0.2, -0.15) is 0 Å². The summed E-state index contributed by atoms with van der Waals surface area (Å²) in [6.07, 6.45) is 3.50. The molecule has 0 bridgehead atoms. The van der Waals surface area contributed by atoms with Crippen LogP contribution >= 0.6 is 0 Å². The van der Waals surface area contributed by atoms with Gasteiger partial charge in [-0.1, -0.05) is 32.0 Å². The van der Waals surface area contributed by atoms with Crippen LogP contribution in [0.3, 0.4) is 0 Å². The minimum Gasteiger partial charge on any atom is -0.480 e. The summed E-state index contributed by atoms with van der Waals surface area (Å²) in [7, 11) is 0. The molecule has 1 aromatic heterocycles.